The van der Waals surface area contributed by atoms with Crippen LogP contribution in [0.25, 0.3) is 11.3 Å². The number of anilines is 1. The zero-order chi connectivity index (χ0) is 44.3. The highest BCUT2D eigenvalue weighted by Gasteiger charge is 2.59. The number of unbranched alkanes of at least 4 members (excludes halogenated alkanes) is 1. The second-order valence-corrected chi connectivity index (χ2v) is 17.7. The summed E-state index contributed by atoms with van der Waals surface area (Å²) in [7, 11) is 5.21. The van der Waals surface area contributed by atoms with Crippen molar-refractivity contribution in [1.82, 2.24) is 30.1 Å². The van der Waals surface area contributed by atoms with Crippen molar-refractivity contribution in [3.63, 3.8) is 0 Å². The highest BCUT2D eigenvalue weighted by molar-refractivity contribution is 6.00. The highest BCUT2D eigenvalue weighted by Crippen LogP contribution is 2.40. The molecule has 3 aliphatic heterocycles. The molecular formula is C43H67N7O10. The van der Waals surface area contributed by atoms with E-state index in [2.05, 4.69) is 15.6 Å². The summed E-state index contributed by atoms with van der Waals surface area (Å²) in [6.07, 6.45) is -1.12. The molecule has 0 bridgehead atoms. The molecule has 0 radical (unpaired) electrons. The monoisotopic (exact) mass is 841 g/mol. The highest BCUT2D eigenvalue weighted by atomic mass is 16.7. The van der Waals surface area contributed by atoms with Gasteiger partial charge in [-0.15, -0.1) is 5.10 Å². The number of fused-ring (bicyclic) bond motifs is 1. The van der Waals surface area contributed by atoms with Gasteiger partial charge in [-0.25, -0.2) is 4.79 Å². The molecule has 2 unspecified atom stereocenters. The molecule has 5 rings (SSSR count). The molecule has 17 nitrogen and oxygen atoms in total. The van der Waals surface area contributed by atoms with E-state index in [1.807, 2.05) is 64.2 Å². The molecule has 2 aromatic rings. The van der Waals surface area contributed by atoms with Crippen molar-refractivity contribution in [3.8, 4) is 11.3 Å². The molecule has 1 aromatic heterocycles. The number of esters is 1. The first-order valence-corrected chi connectivity index (χ1v) is 21.2. The average molecular weight is 842 g/mol. The van der Waals surface area contributed by atoms with Gasteiger partial charge in [0, 0.05) is 49.3 Å². The summed E-state index contributed by atoms with van der Waals surface area (Å²) in [5, 5.41) is 23.1. The van der Waals surface area contributed by atoms with E-state index in [-0.39, 0.29) is 37.4 Å². The van der Waals surface area contributed by atoms with Crippen molar-refractivity contribution in [2.45, 2.75) is 154 Å². The molecule has 4 heterocycles. The number of benzene rings is 1. The van der Waals surface area contributed by atoms with E-state index in [0.717, 1.165) is 5.56 Å². The number of carbonyl (C=O) groups is 4. The lowest BCUT2D eigenvalue weighted by Gasteiger charge is -2.46. The summed E-state index contributed by atoms with van der Waals surface area (Å²) in [6, 6.07) is 5.70. The summed E-state index contributed by atoms with van der Waals surface area (Å²) in [5.74, 6) is -4.50. The fourth-order valence-corrected chi connectivity index (χ4v) is 9.34. The van der Waals surface area contributed by atoms with E-state index < -0.39 is 83.5 Å². The van der Waals surface area contributed by atoms with Gasteiger partial charge in [0.25, 0.3) is 0 Å². The van der Waals surface area contributed by atoms with Gasteiger partial charge in [-0.1, -0.05) is 38.1 Å². The summed E-state index contributed by atoms with van der Waals surface area (Å²) in [4.78, 5) is 59.9. The van der Waals surface area contributed by atoms with Crippen LogP contribution in [0.5, 0.6) is 0 Å². The number of aliphatic hydroxyl groups is 1. The maximum Gasteiger partial charge on any atom is 0.410 e. The van der Waals surface area contributed by atoms with Crippen LogP contribution in [-0.4, -0.2) is 141 Å². The standard InChI is InChI=1S/C43H67N7O10/c1-12-33-43(8)36(50(41(55)60-43)19-14-13-18-49-23-31(46-47-49)29-16-15-17-30(44)21-29)28(6)45-38(53)24(2)22-42(7,56-11)37(26(4)34(51)27(5)39(54)58-33)59-40-35(52)32(48(9)10)20-25(3)57-40/h15-17,21,23-28,32-33,35-37,40,52H,12-14,18-20,22,44H2,1-11H3,(H,45,53)/t24-,25-,26+,27-,28-,32?,33-,35?,36-,37-,40+,42-,43-/m1/s1. The van der Waals surface area contributed by atoms with Crippen molar-refractivity contribution in [2.75, 3.05) is 33.5 Å². The number of cyclic esters (lactones) is 1. The Hall–Kier alpha value is -4.16. The van der Waals surface area contributed by atoms with E-state index >= 15 is 0 Å². The Morgan fingerprint density at radius 2 is 1.77 bits per heavy atom. The molecule has 3 aliphatic rings. The van der Waals surface area contributed by atoms with Gasteiger partial charge in [-0.3, -0.25) is 24.0 Å². The molecule has 60 heavy (non-hydrogen) atoms. The normalized spacial score (nSPS) is 36.0. The number of likely N-dealkylation sites (N-methyl/N-ethyl adjacent to an activating group) is 1. The molecule has 334 valence electrons. The molecule has 0 spiro atoms. The Labute approximate surface area is 353 Å². The van der Waals surface area contributed by atoms with Crippen LogP contribution >= 0.6 is 0 Å². The van der Waals surface area contributed by atoms with Gasteiger partial charge in [0.15, 0.2) is 17.7 Å². The Kier molecular flexibility index (Phi) is 15.1. The van der Waals surface area contributed by atoms with Gasteiger partial charge in [-0.05, 0) is 93.0 Å². The van der Waals surface area contributed by atoms with Crippen molar-refractivity contribution in [1.29, 1.82) is 0 Å². The predicted molar refractivity (Wildman–Crippen MR) is 222 cm³/mol. The van der Waals surface area contributed by atoms with Crippen LogP contribution in [0.2, 0.25) is 0 Å². The number of aryl methyl sites for hydroxylation is 1. The third-order valence-corrected chi connectivity index (χ3v) is 12.8. The minimum atomic E-state index is -1.40. The lowest BCUT2D eigenvalue weighted by Crippen LogP contribution is -2.61. The minimum Gasteiger partial charge on any atom is -0.458 e. The number of carbonyl (C=O) groups excluding carboxylic acids is 4. The smallest absolute Gasteiger partial charge is 0.410 e. The fraction of sp³-hybridized carbons (Fsp3) is 0.721. The van der Waals surface area contributed by atoms with Crippen LogP contribution in [0.15, 0.2) is 30.5 Å². The number of methoxy groups -OCH3 is 1. The van der Waals surface area contributed by atoms with Crippen molar-refractivity contribution >= 4 is 29.4 Å². The third kappa shape index (κ3) is 9.96. The molecular weight excluding hydrogens is 775 g/mol. The number of aromatic nitrogens is 3. The van der Waals surface area contributed by atoms with Crippen molar-refractivity contribution < 1.29 is 48.0 Å². The number of ether oxygens (including phenoxy) is 5. The topological polar surface area (TPSA) is 210 Å². The summed E-state index contributed by atoms with van der Waals surface area (Å²) < 4.78 is 32.9. The summed E-state index contributed by atoms with van der Waals surface area (Å²) in [5.41, 5.74) is 5.45. The minimum absolute atomic E-state index is 0.0962. The molecule has 3 saturated heterocycles. The number of nitrogen functional groups attached to an aromatic ring is 1. The maximum absolute atomic E-state index is 14.4. The first kappa shape index (κ1) is 46.9. The molecule has 2 amide bonds. The zero-order valence-electron chi connectivity index (χ0n) is 37.1. The Balaban J connectivity index is 1.41. The molecule has 17 heteroatoms. The zero-order valence-corrected chi connectivity index (χ0v) is 37.1. The maximum atomic E-state index is 14.4. The average Bonchev–Trinajstić information content (AvgIpc) is 3.78. The lowest BCUT2D eigenvalue weighted by molar-refractivity contribution is -0.295. The number of nitrogens with two attached hydrogens (primary N) is 1. The Bertz CT molecular complexity index is 1830. The number of amides is 2. The van der Waals surface area contributed by atoms with Crippen LogP contribution in [0.4, 0.5) is 10.5 Å². The van der Waals surface area contributed by atoms with Gasteiger partial charge in [0.1, 0.15) is 23.8 Å². The van der Waals surface area contributed by atoms with Crippen LogP contribution in [0.1, 0.15) is 87.5 Å². The van der Waals surface area contributed by atoms with E-state index in [1.165, 1.54) is 14.0 Å². The molecule has 1 aromatic carbocycles. The number of aliphatic hydroxyl groups excluding tert-OH is 1. The van der Waals surface area contributed by atoms with Gasteiger partial charge >= 0.3 is 12.1 Å². The molecule has 0 aliphatic carbocycles. The number of ketones is 1. The SMILES string of the molecule is CC[C@H]1OC(=O)[C@H](C)C(=O)[C@H](C)[C@@H](O[C@@H]2O[C@H](C)CC(N(C)C)C2O)[C@](C)(OC)C[C@@H](C)C(=O)N[C@H](C)[C@H]2N(CCCCn3cc(-c4cccc(N)c4)nn3)C(=O)O[C@]12C. The van der Waals surface area contributed by atoms with Gasteiger partial charge in [0.2, 0.25) is 5.91 Å². The van der Waals surface area contributed by atoms with Crippen molar-refractivity contribution in [2.24, 2.45) is 17.8 Å². The molecule has 3 fully saturated rings. The van der Waals surface area contributed by atoms with E-state index in [4.69, 9.17) is 29.4 Å². The largest absolute Gasteiger partial charge is 0.458 e. The molecule has 13 atom stereocenters. The fourth-order valence-electron chi connectivity index (χ4n) is 9.34. The number of nitrogens with zero attached hydrogens (tertiary/aromatic N) is 5. The molecule has 0 saturated carbocycles. The number of rotatable bonds is 11. The quantitative estimate of drug-likeness (QED) is 0.127. The summed E-state index contributed by atoms with van der Waals surface area (Å²) >= 11 is 0. The van der Waals surface area contributed by atoms with E-state index in [0.29, 0.717) is 37.2 Å². The Morgan fingerprint density at radius 3 is 2.42 bits per heavy atom. The van der Waals surface area contributed by atoms with E-state index in [9.17, 15) is 24.3 Å². The van der Waals surface area contributed by atoms with E-state index in [1.54, 1.807) is 43.3 Å². The first-order valence-electron chi connectivity index (χ1n) is 21.2. The number of nitrogens with one attached hydrogen (secondary N) is 1. The summed E-state index contributed by atoms with van der Waals surface area (Å²) in [6.45, 7) is 14.7. The van der Waals surface area contributed by atoms with Gasteiger partial charge in [0.05, 0.1) is 36.1 Å². The van der Waals surface area contributed by atoms with Gasteiger partial charge < -0.3 is 44.7 Å². The third-order valence-electron chi connectivity index (χ3n) is 12.8. The first-order chi connectivity index (χ1) is 28.2. The lowest BCUT2D eigenvalue weighted by atomic mass is 9.78. The van der Waals surface area contributed by atoms with Gasteiger partial charge in [-0.2, -0.15) is 0 Å². The van der Waals surface area contributed by atoms with Crippen molar-refractivity contribution in [3.05, 3.63) is 30.5 Å². The molecule has 4 N–H and O–H groups in total. The second-order valence-electron chi connectivity index (χ2n) is 17.7. The number of hydrogen-bond acceptors (Lipinski definition) is 14. The van der Waals surface area contributed by atoms with Crippen LogP contribution in [0.3, 0.4) is 0 Å². The predicted octanol–water partition coefficient (Wildman–Crippen LogP) is 3.81. The number of Topliss-reactive ketones (excluding diaryl/α,β-unsaturated/α-hetero) is 1. The van der Waals surface area contributed by atoms with Crippen LogP contribution in [0, 0.1) is 17.8 Å². The Morgan fingerprint density at radius 1 is 1.07 bits per heavy atom. The van der Waals surface area contributed by atoms with Crippen LogP contribution < -0.4 is 11.1 Å². The number of hydrogen-bond donors (Lipinski definition) is 3. The second kappa shape index (κ2) is 19.3. The van der Waals surface area contributed by atoms with Crippen LogP contribution in [-0.2, 0) is 44.6 Å².